The van der Waals surface area contributed by atoms with Gasteiger partial charge in [-0.1, -0.05) is 32.9 Å². The van der Waals surface area contributed by atoms with Crippen LogP contribution in [-0.4, -0.2) is 16.1 Å². The largest absolute Gasteiger partial charge is 0.506 e. The maximum Gasteiger partial charge on any atom is 0.255 e. The maximum atomic E-state index is 13.2. The molecular formula is C17H18FNO3. The Morgan fingerprint density at radius 1 is 1.14 bits per heavy atom. The number of aromatic hydroxyl groups is 2. The van der Waals surface area contributed by atoms with E-state index in [1.54, 1.807) is 6.07 Å². The van der Waals surface area contributed by atoms with Crippen molar-refractivity contribution in [1.29, 1.82) is 0 Å². The molecular weight excluding hydrogens is 285 g/mol. The number of phenolic OH excluding ortho intramolecular Hbond substituents is 2. The van der Waals surface area contributed by atoms with E-state index in [-0.39, 0.29) is 28.2 Å². The van der Waals surface area contributed by atoms with Crippen LogP contribution < -0.4 is 5.32 Å². The Morgan fingerprint density at radius 2 is 1.82 bits per heavy atom. The molecule has 5 heteroatoms. The Morgan fingerprint density at radius 3 is 2.41 bits per heavy atom. The zero-order chi connectivity index (χ0) is 16.5. The minimum Gasteiger partial charge on any atom is -0.506 e. The van der Waals surface area contributed by atoms with Gasteiger partial charge in [0.05, 0.1) is 0 Å². The minimum atomic E-state index is -0.615. The number of amides is 1. The van der Waals surface area contributed by atoms with Gasteiger partial charge < -0.3 is 15.5 Å². The highest BCUT2D eigenvalue weighted by molar-refractivity contribution is 6.06. The molecule has 4 nitrogen and oxygen atoms in total. The number of phenols is 2. The second-order valence-corrected chi connectivity index (χ2v) is 6.07. The van der Waals surface area contributed by atoms with E-state index in [0.717, 1.165) is 6.07 Å². The summed E-state index contributed by atoms with van der Waals surface area (Å²) in [6.45, 7) is 5.70. The molecule has 0 aromatic heterocycles. The van der Waals surface area contributed by atoms with E-state index in [1.165, 1.54) is 24.3 Å². The van der Waals surface area contributed by atoms with Crippen LogP contribution in [0.5, 0.6) is 11.5 Å². The van der Waals surface area contributed by atoms with Crippen molar-refractivity contribution >= 4 is 11.6 Å². The Bertz CT molecular complexity index is 720. The van der Waals surface area contributed by atoms with Crippen LogP contribution in [0, 0.1) is 5.82 Å². The van der Waals surface area contributed by atoms with Crippen LogP contribution in [0.15, 0.2) is 36.4 Å². The third kappa shape index (κ3) is 3.19. The fraction of sp³-hybridized carbons (Fsp3) is 0.235. The highest BCUT2D eigenvalue weighted by atomic mass is 19.1. The molecule has 2 aromatic rings. The number of nitrogens with one attached hydrogen (secondary N) is 1. The van der Waals surface area contributed by atoms with Crippen LogP contribution in [0.3, 0.4) is 0 Å². The molecule has 2 rings (SSSR count). The summed E-state index contributed by atoms with van der Waals surface area (Å²) in [5.74, 6) is -1.60. The normalized spacial score (nSPS) is 11.3. The summed E-state index contributed by atoms with van der Waals surface area (Å²) in [6, 6.07) is 8.17. The van der Waals surface area contributed by atoms with Gasteiger partial charge in [-0.3, -0.25) is 4.79 Å². The fourth-order valence-electron chi connectivity index (χ4n) is 2.12. The van der Waals surface area contributed by atoms with Crippen LogP contribution in [0.4, 0.5) is 10.1 Å². The molecule has 0 heterocycles. The van der Waals surface area contributed by atoms with E-state index < -0.39 is 11.7 Å². The van der Waals surface area contributed by atoms with Gasteiger partial charge in [-0.15, -0.1) is 0 Å². The number of hydrogen-bond acceptors (Lipinski definition) is 3. The summed E-state index contributed by atoms with van der Waals surface area (Å²) in [5.41, 5.74) is 0.234. The summed E-state index contributed by atoms with van der Waals surface area (Å²) in [4.78, 5) is 12.1. The average molecular weight is 303 g/mol. The van der Waals surface area contributed by atoms with Gasteiger partial charge in [0.2, 0.25) is 0 Å². The highest BCUT2D eigenvalue weighted by Gasteiger charge is 2.23. The van der Waals surface area contributed by atoms with Crippen LogP contribution in [-0.2, 0) is 5.41 Å². The van der Waals surface area contributed by atoms with Crippen molar-refractivity contribution in [2.75, 3.05) is 5.32 Å². The van der Waals surface area contributed by atoms with Crippen molar-refractivity contribution in [1.82, 2.24) is 0 Å². The predicted molar refractivity (Wildman–Crippen MR) is 82.8 cm³/mol. The van der Waals surface area contributed by atoms with Crippen LogP contribution in [0.1, 0.15) is 36.7 Å². The molecule has 116 valence electrons. The minimum absolute atomic E-state index is 0.0818. The molecule has 0 unspecified atom stereocenters. The third-order valence-corrected chi connectivity index (χ3v) is 3.29. The molecule has 0 aliphatic rings. The van der Waals surface area contributed by atoms with Crippen molar-refractivity contribution in [3.05, 3.63) is 53.3 Å². The van der Waals surface area contributed by atoms with Crippen molar-refractivity contribution in [3.63, 3.8) is 0 Å². The van der Waals surface area contributed by atoms with Crippen molar-refractivity contribution in [2.45, 2.75) is 26.2 Å². The summed E-state index contributed by atoms with van der Waals surface area (Å²) in [7, 11) is 0. The smallest absolute Gasteiger partial charge is 0.255 e. The first-order chi connectivity index (χ1) is 10.2. The Hall–Kier alpha value is -2.56. The molecule has 3 N–H and O–H groups in total. The molecule has 0 saturated heterocycles. The quantitative estimate of drug-likeness (QED) is 0.739. The van der Waals surface area contributed by atoms with Gasteiger partial charge in [-0.2, -0.15) is 0 Å². The summed E-state index contributed by atoms with van der Waals surface area (Å²) in [6.07, 6.45) is 0. The topological polar surface area (TPSA) is 69.6 Å². The van der Waals surface area contributed by atoms with Gasteiger partial charge in [-0.05, 0) is 29.7 Å². The summed E-state index contributed by atoms with van der Waals surface area (Å²) in [5, 5.41) is 22.6. The number of rotatable bonds is 2. The van der Waals surface area contributed by atoms with Crippen molar-refractivity contribution in [3.8, 4) is 11.5 Å². The summed E-state index contributed by atoms with van der Waals surface area (Å²) >= 11 is 0. The number of benzene rings is 2. The summed E-state index contributed by atoms with van der Waals surface area (Å²) < 4.78 is 13.2. The number of halogens is 1. The molecule has 1 amide bonds. The van der Waals surface area contributed by atoms with Gasteiger partial charge >= 0.3 is 0 Å². The standard InChI is InChI=1S/C17H18FNO3/c1-17(2,3)12-7-8-13(20)14(15(12)21)19-16(22)10-5-4-6-11(18)9-10/h4-9,20-21H,1-3H3,(H,19,22). The van der Waals surface area contributed by atoms with Gasteiger partial charge in [0.15, 0.2) is 0 Å². The Labute approximate surface area is 128 Å². The maximum absolute atomic E-state index is 13.2. The van der Waals surface area contributed by atoms with E-state index in [9.17, 15) is 19.4 Å². The second-order valence-electron chi connectivity index (χ2n) is 6.07. The van der Waals surface area contributed by atoms with E-state index >= 15 is 0 Å². The molecule has 0 radical (unpaired) electrons. The first-order valence-electron chi connectivity index (χ1n) is 6.82. The van der Waals surface area contributed by atoms with E-state index in [0.29, 0.717) is 5.56 Å². The molecule has 0 fully saturated rings. The molecule has 0 bridgehead atoms. The fourth-order valence-corrected chi connectivity index (χ4v) is 2.12. The number of carbonyl (C=O) groups excluding carboxylic acids is 1. The SMILES string of the molecule is CC(C)(C)c1ccc(O)c(NC(=O)c2cccc(F)c2)c1O. The Kier molecular flexibility index (Phi) is 4.08. The average Bonchev–Trinajstić information content (AvgIpc) is 2.41. The second kappa shape index (κ2) is 5.67. The van der Waals surface area contributed by atoms with Crippen LogP contribution in [0.2, 0.25) is 0 Å². The van der Waals surface area contributed by atoms with Crippen LogP contribution >= 0.6 is 0 Å². The molecule has 0 spiro atoms. The van der Waals surface area contributed by atoms with Gasteiger partial charge in [0.25, 0.3) is 5.91 Å². The molecule has 0 saturated carbocycles. The molecule has 0 atom stereocenters. The van der Waals surface area contributed by atoms with E-state index in [1.807, 2.05) is 20.8 Å². The van der Waals surface area contributed by atoms with Gasteiger partial charge in [0, 0.05) is 11.1 Å². The first-order valence-corrected chi connectivity index (χ1v) is 6.82. The molecule has 0 aliphatic carbocycles. The number of hydrogen-bond donors (Lipinski definition) is 3. The van der Waals surface area contributed by atoms with Crippen molar-refractivity contribution in [2.24, 2.45) is 0 Å². The zero-order valence-corrected chi connectivity index (χ0v) is 12.6. The zero-order valence-electron chi connectivity index (χ0n) is 12.6. The highest BCUT2D eigenvalue weighted by Crippen LogP contribution is 2.41. The number of carbonyl (C=O) groups is 1. The van der Waals surface area contributed by atoms with E-state index in [2.05, 4.69) is 5.32 Å². The monoisotopic (exact) mass is 303 g/mol. The number of anilines is 1. The third-order valence-electron chi connectivity index (χ3n) is 3.29. The van der Waals surface area contributed by atoms with Crippen molar-refractivity contribution < 1.29 is 19.4 Å². The van der Waals surface area contributed by atoms with Gasteiger partial charge in [-0.25, -0.2) is 4.39 Å². The Balaban J connectivity index is 2.39. The lowest BCUT2D eigenvalue weighted by atomic mass is 9.86. The predicted octanol–water partition coefficient (Wildman–Crippen LogP) is 3.79. The lowest BCUT2D eigenvalue weighted by molar-refractivity contribution is 0.102. The molecule has 2 aromatic carbocycles. The molecule has 0 aliphatic heterocycles. The van der Waals surface area contributed by atoms with Crippen LogP contribution in [0.25, 0.3) is 0 Å². The van der Waals surface area contributed by atoms with Gasteiger partial charge in [0.1, 0.15) is 23.0 Å². The van der Waals surface area contributed by atoms with E-state index in [4.69, 9.17) is 0 Å². The first kappa shape index (κ1) is 15.8. The lowest BCUT2D eigenvalue weighted by Gasteiger charge is -2.22. The molecule has 22 heavy (non-hydrogen) atoms. The lowest BCUT2D eigenvalue weighted by Crippen LogP contribution is -2.15.